The Morgan fingerprint density at radius 1 is 0.588 bits per heavy atom. The lowest BCUT2D eigenvalue weighted by Crippen LogP contribution is -2.04. The second kappa shape index (κ2) is 10.6. The second-order valence-corrected chi connectivity index (χ2v) is 5.21. The number of esters is 1. The van der Waals surface area contributed by atoms with Crippen molar-refractivity contribution in [2.75, 3.05) is 6.61 Å². The number of hydrogen-bond donors (Lipinski definition) is 0. The van der Waals surface area contributed by atoms with Gasteiger partial charge in [0.2, 0.25) is 0 Å². The van der Waals surface area contributed by atoms with Gasteiger partial charge in [-0.1, -0.05) is 64.2 Å². The predicted octanol–water partition coefficient (Wildman–Crippen LogP) is 4.61. The van der Waals surface area contributed by atoms with Crippen molar-refractivity contribution in [2.24, 2.45) is 0 Å². The van der Waals surface area contributed by atoms with Gasteiger partial charge in [-0.05, 0) is 12.8 Å². The zero-order valence-corrected chi connectivity index (χ0v) is 11.2. The average Bonchev–Trinajstić information content (AvgIpc) is 2.88. The van der Waals surface area contributed by atoms with Gasteiger partial charge >= 0.3 is 5.97 Å². The summed E-state index contributed by atoms with van der Waals surface area (Å²) < 4.78 is 5.04. The fourth-order valence-corrected chi connectivity index (χ4v) is 2.40. The summed E-state index contributed by atoms with van der Waals surface area (Å²) in [6.45, 7) is 0.638. The van der Waals surface area contributed by atoms with Crippen LogP contribution in [0.15, 0.2) is 0 Å². The molecule has 2 rings (SSSR count). The molecule has 0 aromatic heterocycles. The summed E-state index contributed by atoms with van der Waals surface area (Å²) in [6.07, 6.45) is 16.5. The third-order valence-corrected chi connectivity index (χ3v) is 3.54. The second-order valence-electron chi connectivity index (χ2n) is 5.21. The molecule has 0 amide bonds. The summed E-state index contributed by atoms with van der Waals surface area (Å²) in [7, 11) is 0. The molecule has 0 N–H and O–H groups in total. The van der Waals surface area contributed by atoms with E-state index in [9.17, 15) is 4.79 Å². The third-order valence-electron chi connectivity index (χ3n) is 3.54. The maximum Gasteiger partial charge on any atom is 0.305 e. The van der Waals surface area contributed by atoms with Crippen LogP contribution in [0.1, 0.15) is 83.5 Å². The van der Waals surface area contributed by atoms with Crippen molar-refractivity contribution in [3.63, 3.8) is 0 Å². The SMILES string of the molecule is C1CCCC1.O=C1CCCCCCCCCO1. The number of carbonyl (C=O) groups is 1. The van der Waals surface area contributed by atoms with Gasteiger partial charge in [-0.2, -0.15) is 0 Å². The molecule has 2 heteroatoms. The quantitative estimate of drug-likeness (QED) is 0.578. The average molecular weight is 240 g/mol. The van der Waals surface area contributed by atoms with E-state index in [2.05, 4.69) is 0 Å². The Kier molecular flexibility index (Phi) is 9.07. The van der Waals surface area contributed by atoms with Gasteiger partial charge in [-0.15, -0.1) is 0 Å². The number of ether oxygens (including phenoxy) is 1. The first-order chi connectivity index (χ1) is 8.39. The van der Waals surface area contributed by atoms with E-state index in [1.54, 1.807) is 0 Å². The van der Waals surface area contributed by atoms with Gasteiger partial charge in [0.25, 0.3) is 0 Å². The standard InChI is InChI=1S/C10H18O2.C5H10/c11-10-8-6-4-2-1-3-5-7-9-12-10;1-2-4-5-3-1/h1-9H2;1-5H2. The molecule has 1 saturated heterocycles. The highest BCUT2D eigenvalue weighted by molar-refractivity contribution is 5.69. The summed E-state index contributed by atoms with van der Waals surface area (Å²) in [6, 6.07) is 0. The van der Waals surface area contributed by atoms with Gasteiger partial charge < -0.3 is 4.74 Å². The Balaban J connectivity index is 0.000000239. The number of carbonyl (C=O) groups excluding carboxylic acids is 1. The Morgan fingerprint density at radius 2 is 1.00 bits per heavy atom. The topological polar surface area (TPSA) is 26.3 Å². The molecule has 2 aliphatic rings. The Hall–Kier alpha value is -0.530. The van der Waals surface area contributed by atoms with E-state index in [0.29, 0.717) is 13.0 Å². The minimum atomic E-state index is -0.00287. The Bertz CT molecular complexity index is 164. The maximum atomic E-state index is 11.0. The van der Waals surface area contributed by atoms with E-state index >= 15 is 0 Å². The summed E-state index contributed by atoms with van der Waals surface area (Å²) >= 11 is 0. The zero-order valence-electron chi connectivity index (χ0n) is 11.2. The molecule has 1 aliphatic carbocycles. The van der Waals surface area contributed by atoms with E-state index in [1.807, 2.05) is 0 Å². The molecule has 2 fully saturated rings. The van der Waals surface area contributed by atoms with Crippen LogP contribution in [-0.4, -0.2) is 12.6 Å². The van der Waals surface area contributed by atoms with Gasteiger partial charge in [-0.25, -0.2) is 0 Å². The highest BCUT2D eigenvalue weighted by Crippen LogP contribution is 2.15. The van der Waals surface area contributed by atoms with Gasteiger partial charge in [0.05, 0.1) is 6.61 Å². The molecule has 0 radical (unpaired) electrons. The highest BCUT2D eigenvalue weighted by atomic mass is 16.5. The normalized spacial score (nSPS) is 22.9. The molecule has 0 aromatic rings. The third kappa shape index (κ3) is 9.20. The van der Waals surface area contributed by atoms with Crippen molar-refractivity contribution in [3.8, 4) is 0 Å². The van der Waals surface area contributed by atoms with Crippen molar-refractivity contribution in [1.29, 1.82) is 0 Å². The van der Waals surface area contributed by atoms with E-state index in [4.69, 9.17) is 4.74 Å². The van der Waals surface area contributed by atoms with Crippen molar-refractivity contribution < 1.29 is 9.53 Å². The molecule has 17 heavy (non-hydrogen) atoms. The molecule has 2 nitrogen and oxygen atoms in total. The summed E-state index contributed by atoms with van der Waals surface area (Å²) in [5.74, 6) is -0.00287. The van der Waals surface area contributed by atoms with Crippen LogP contribution in [0.25, 0.3) is 0 Å². The maximum absolute atomic E-state index is 11.0. The Labute approximate surface area is 106 Å². The predicted molar refractivity (Wildman–Crippen MR) is 71.0 cm³/mol. The lowest BCUT2D eigenvalue weighted by Gasteiger charge is -2.01. The van der Waals surface area contributed by atoms with E-state index in [0.717, 1.165) is 12.8 Å². The van der Waals surface area contributed by atoms with Crippen LogP contribution in [0.4, 0.5) is 0 Å². The molecular formula is C15H28O2. The first-order valence-corrected chi connectivity index (χ1v) is 7.55. The molecule has 0 bridgehead atoms. The van der Waals surface area contributed by atoms with Gasteiger partial charge in [0, 0.05) is 6.42 Å². The molecule has 1 aliphatic heterocycles. The van der Waals surface area contributed by atoms with Crippen LogP contribution in [0.3, 0.4) is 0 Å². The Morgan fingerprint density at radius 3 is 1.53 bits per heavy atom. The molecule has 100 valence electrons. The monoisotopic (exact) mass is 240 g/mol. The molecule has 1 saturated carbocycles. The van der Waals surface area contributed by atoms with Gasteiger partial charge in [-0.3, -0.25) is 4.79 Å². The number of hydrogen-bond acceptors (Lipinski definition) is 2. The molecular weight excluding hydrogens is 212 g/mol. The van der Waals surface area contributed by atoms with E-state index < -0.39 is 0 Å². The fourth-order valence-electron chi connectivity index (χ4n) is 2.40. The fraction of sp³-hybridized carbons (Fsp3) is 0.933. The van der Waals surface area contributed by atoms with Gasteiger partial charge in [0.1, 0.15) is 0 Å². The molecule has 1 heterocycles. The molecule has 0 atom stereocenters. The van der Waals surface area contributed by atoms with E-state index in [-0.39, 0.29) is 5.97 Å². The summed E-state index contributed by atoms with van der Waals surface area (Å²) in [4.78, 5) is 11.0. The number of rotatable bonds is 0. The first-order valence-electron chi connectivity index (χ1n) is 7.55. The van der Waals surface area contributed by atoms with Crippen LogP contribution in [0, 0.1) is 0 Å². The van der Waals surface area contributed by atoms with Crippen LogP contribution in [0.2, 0.25) is 0 Å². The number of cyclic esters (lactones) is 1. The minimum absolute atomic E-state index is 0.00287. The van der Waals surface area contributed by atoms with Crippen molar-refractivity contribution in [1.82, 2.24) is 0 Å². The summed E-state index contributed by atoms with van der Waals surface area (Å²) in [5.41, 5.74) is 0. The van der Waals surface area contributed by atoms with Crippen LogP contribution in [0.5, 0.6) is 0 Å². The zero-order chi connectivity index (χ0) is 12.2. The first kappa shape index (κ1) is 14.5. The highest BCUT2D eigenvalue weighted by Gasteiger charge is 2.03. The van der Waals surface area contributed by atoms with Crippen molar-refractivity contribution in [3.05, 3.63) is 0 Å². The molecule has 0 aromatic carbocycles. The van der Waals surface area contributed by atoms with Crippen molar-refractivity contribution >= 4 is 5.97 Å². The van der Waals surface area contributed by atoms with Crippen LogP contribution in [-0.2, 0) is 9.53 Å². The lowest BCUT2D eigenvalue weighted by molar-refractivity contribution is -0.143. The molecule has 0 unspecified atom stereocenters. The largest absolute Gasteiger partial charge is 0.466 e. The van der Waals surface area contributed by atoms with Crippen molar-refractivity contribution in [2.45, 2.75) is 83.5 Å². The minimum Gasteiger partial charge on any atom is -0.466 e. The van der Waals surface area contributed by atoms with Crippen LogP contribution >= 0.6 is 0 Å². The lowest BCUT2D eigenvalue weighted by atomic mass is 10.1. The van der Waals surface area contributed by atoms with Crippen LogP contribution < -0.4 is 0 Å². The van der Waals surface area contributed by atoms with Gasteiger partial charge in [0.15, 0.2) is 0 Å². The van der Waals surface area contributed by atoms with E-state index in [1.165, 1.54) is 64.2 Å². The smallest absolute Gasteiger partial charge is 0.305 e. The molecule has 0 spiro atoms. The summed E-state index contributed by atoms with van der Waals surface area (Å²) in [5, 5.41) is 0.